The molecule has 1 aromatic heterocycles. The number of hydrogen-bond donors (Lipinski definition) is 0. The Morgan fingerprint density at radius 1 is 1.00 bits per heavy atom. The summed E-state index contributed by atoms with van der Waals surface area (Å²) in [4.78, 5) is 3.88. The van der Waals surface area contributed by atoms with Crippen molar-refractivity contribution < 1.29 is 21.6 Å². The number of halogens is 3. The molecule has 2 rings (SSSR count). The predicted octanol–water partition coefficient (Wildman–Crippen LogP) is 3.38. The highest BCUT2D eigenvalue weighted by molar-refractivity contribution is 7.94. The molecule has 0 aliphatic rings. The molecule has 0 atom stereocenters. The van der Waals surface area contributed by atoms with Crippen molar-refractivity contribution in [2.24, 2.45) is 0 Å². The Morgan fingerprint density at radius 3 is 2.14 bits per heavy atom. The molecule has 4 nitrogen and oxygen atoms in total. The third kappa shape index (κ3) is 2.99. The van der Waals surface area contributed by atoms with Gasteiger partial charge in [0, 0.05) is 5.69 Å². The van der Waals surface area contributed by atoms with Gasteiger partial charge in [-0.1, -0.05) is 24.3 Å². The van der Waals surface area contributed by atoms with Crippen LogP contribution in [-0.4, -0.2) is 18.9 Å². The molecule has 0 aliphatic heterocycles. The van der Waals surface area contributed by atoms with Gasteiger partial charge in [-0.3, -0.25) is 0 Å². The van der Waals surface area contributed by atoms with Crippen molar-refractivity contribution in [1.29, 1.82) is 0 Å². The van der Waals surface area contributed by atoms with E-state index in [9.17, 15) is 21.6 Å². The second kappa shape index (κ2) is 5.36. The summed E-state index contributed by atoms with van der Waals surface area (Å²) in [6.07, 6.45) is 0. The van der Waals surface area contributed by atoms with E-state index in [-0.39, 0.29) is 15.8 Å². The summed E-state index contributed by atoms with van der Waals surface area (Å²) in [6, 6.07) is 11.2. The van der Waals surface area contributed by atoms with Gasteiger partial charge in [0.2, 0.25) is 0 Å². The van der Waals surface area contributed by atoms with Gasteiger partial charge in [0.1, 0.15) is 5.82 Å². The van der Waals surface area contributed by atoms with E-state index >= 15 is 0 Å². The van der Waals surface area contributed by atoms with Gasteiger partial charge in [-0.15, -0.1) is 0 Å². The summed E-state index contributed by atoms with van der Waals surface area (Å²) in [5.74, 6) is -0.307. The smallest absolute Gasteiger partial charge is 0.235 e. The number of para-hydroxylation sites is 1. The van der Waals surface area contributed by atoms with E-state index in [4.69, 9.17) is 0 Å². The van der Waals surface area contributed by atoms with Gasteiger partial charge < -0.3 is 0 Å². The number of pyridine rings is 1. The number of aryl methyl sites for hydroxylation is 1. The minimum absolute atomic E-state index is 0.132. The van der Waals surface area contributed by atoms with Crippen LogP contribution in [0.1, 0.15) is 5.69 Å². The van der Waals surface area contributed by atoms with Gasteiger partial charge in [-0.2, -0.15) is 21.6 Å². The topological polar surface area (TPSA) is 50.3 Å². The SMILES string of the molecule is Cc1cccc(N(c2ccccc2)S(=O)(=O)C(F)(F)F)n1. The first-order valence-corrected chi connectivity index (χ1v) is 7.28. The van der Waals surface area contributed by atoms with Gasteiger partial charge in [0.25, 0.3) is 0 Å². The van der Waals surface area contributed by atoms with E-state index in [2.05, 4.69) is 4.98 Å². The fraction of sp³-hybridized carbons (Fsp3) is 0.154. The first-order chi connectivity index (χ1) is 9.73. The molecule has 0 N–H and O–H groups in total. The molecule has 0 aliphatic carbocycles. The Kier molecular flexibility index (Phi) is 3.91. The summed E-state index contributed by atoms with van der Waals surface area (Å²) >= 11 is 0. The van der Waals surface area contributed by atoms with E-state index in [1.807, 2.05) is 0 Å². The molecule has 0 bridgehead atoms. The third-order valence-electron chi connectivity index (χ3n) is 2.61. The summed E-state index contributed by atoms with van der Waals surface area (Å²) in [6.45, 7) is 1.56. The molecule has 8 heteroatoms. The first-order valence-electron chi connectivity index (χ1n) is 5.84. The highest BCUT2D eigenvalue weighted by Gasteiger charge is 2.51. The molecule has 0 radical (unpaired) electrons. The van der Waals surface area contributed by atoms with Crippen molar-refractivity contribution >= 4 is 21.5 Å². The fourth-order valence-corrected chi connectivity index (χ4v) is 2.66. The van der Waals surface area contributed by atoms with Crippen LogP contribution in [0, 0.1) is 6.92 Å². The molecule has 1 heterocycles. The fourth-order valence-electron chi connectivity index (χ4n) is 1.70. The predicted molar refractivity (Wildman–Crippen MR) is 72.5 cm³/mol. The molecule has 0 spiro atoms. The minimum Gasteiger partial charge on any atom is -0.235 e. The van der Waals surface area contributed by atoms with Crippen LogP contribution < -0.4 is 4.31 Å². The van der Waals surface area contributed by atoms with E-state index in [0.29, 0.717) is 5.69 Å². The van der Waals surface area contributed by atoms with Gasteiger partial charge >= 0.3 is 15.5 Å². The van der Waals surface area contributed by atoms with Gasteiger partial charge in [0.05, 0.1) is 5.69 Å². The Labute approximate surface area is 119 Å². The highest BCUT2D eigenvalue weighted by Crippen LogP contribution is 2.35. The molecule has 0 saturated heterocycles. The number of aromatic nitrogens is 1. The zero-order valence-corrected chi connectivity index (χ0v) is 11.7. The second-order valence-electron chi connectivity index (χ2n) is 4.19. The van der Waals surface area contributed by atoms with Crippen LogP contribution >= 0.6 is 0 Å². The number of anilines is 2. The van der Waals surface area contributed by atoms with Crippen molar-refractivity contribution in [3.8, 4) is 0 Å². The molecule has 2 aromatic rings. The standard InChI is InChI=1S/C13H11F3N2O2S/c1-10-6-5-9-12(17-10)18(11-7-3-2-4-8-11)21(19,20)13(14,15)16/h2-9H,1H3. The second-order valence-corrected chi connectivity index (χ2v) is 5.97. The minimum atomic E-state index is -5.59. The van der Waals surface area contributed by atoms with E-state index < -0.39 is 15.5 Å². The molecular weight excluding hydrogens is 305 g/mol. The number of alkyl halides is 3. The van der Waals surface area contributed by atoms with Crippen LogP contribution in [-0.2, 0) is 10.0 Å². The summed E-state index contributed by atoms with van der Waals surface area (Å²) in [5.41, 5.74) is -5.15. The number of benzene rings is 1. The quantitative estimate of drug-likeness (QED) is 0.872. The Hall–Kier alpha value is -2.09. The zero-order valence-electron chi connectivity index (χ0n) is 10.9. The molecule has 0 amide bonds. The lowest BCUT2D eigenvalue weighted by molar-refractivity contribution is -0.0435. The summed E-state index contributed by atoms with van der Waals surface area (Å²) < 4.78 is 62.5. The Balaban J connectivity index is 2.67. The van der Waals surface area contributed by atoms with Crippen LogP contribution in [0.4, 0.5) is 24.7 Å². The lowest BCUT2D eigenvalue weighted by atomic mass is 10.3. The van der Waals surface area contributed by atoms with Gasteiger partial charge in [-0.25, -0.2) is 9.29 Å². The van der Waals surface area contributed by atoms with Gasteiger partial charge in [0.15, 0.2) is 0 Å². The molecule has 0 fully saturated rings. The summed E-state index contributed by atoms with van der Waals surface area (Å²) in [5, 5.41) is 0. The van der Waals surface area contributed by atoms with Gasteiger partial charge in [-0.05, 0) is 31.2 Å². The molecular formula is C13H11F3N2O2S. The van der Waals surface area contributed by atoms with E-state index in [1.54, 1.807) is 19.1 Å². The molecule has 21 heavy (non-hydrogen) atoms. The van der Waals surface area contributed by atoms with E-state index in [1.165, 1.54) is 36.4 Å². The lowest BCUT2D eigenvalue weighted by Crippen LogP contribution is -2.38. The maximum Gasteiger partial charge on any atom is 0.517 e. The van der Waals surface area contributed by atoms with Crippen LogP contribution in [0.25, 0.3) is 0 Å². The van der Waals surface area contributed by atoms with Crippen molar-refractivity contribution in [3.63, 3.8) is 0 Å². The lowest BCUT2D eigenvalue weighted by Gasteiger charge is -2.24. The summed E-state index contributed by atoms with van der Waals surface area (Å²) in [7, 11) is -5.59. The number of rotatable bonds is 3. The van der Waals surface area contributed by atoms with Crippen molar-refractivity contribution in [3.05, 3.63) is 54.2 Å². The molecule has 112 valence electrons. The van der Waals surface area contributed by atoms with Crippen molar-refractivity contribution in [1.82, 2.24) is 4.98 Å². The average molecular weight is 316 g/mol. The normalized spacial score (nSPS) is 12.2. The highest BCUT2D eigenvalue weighted by atomic mass is 32.2. The zero-order chi connectivity index (χ0) is 15.7. The Bertz CT molecular complexity index is 731. The Morgan fingerprint density at radius 2 is 1.62 bits per heavy atom. The molecule has 0 unspecified atom stereocenters. The molecule has 0 saturated carbocycles. The number of sulfonamides is 1. The first kappa shape index (κ1) is 15.3. The average Bonchev–Trinajstić information content (AvgIpc) is 2.38. The third-order valence-corrected chi connectivity index (χ3v) is 4.07. The van der Waals surface area contributed by atoms with Crippen molar-refractivity contribution in [2.75, 3.05) is 4.31 Å². The van der Waals surface area contributed by atoms with Crippen LogP contribution in [0.15, 0.2) is 48.5 Å². The maximum atomic E-state index is 12.9. The number of nitrogens with zero attached hydrogens (tertiary/aromatic N) is 2. The maximum absolute atomic E-state index is 12.9. The van der Waals surface area contributed by atoms with Crippen molar-refractivity contribution in [2.45, 2.75) is 12.4 Å². The monoisotopic (exact) mass is 316 g/mol. The number of hydrogen-bond acceptors (Lipinski definition) is 3. The van der Waals surface area contributed by atoms with Crippen LogP contribution in [0.5, 0.6) is 0 Å². The van der Waals surface area contributed by atoms with Crippen LogP contribution in [0.2, 0.25) is 0 Å². The molecule has 1 aromatic carbocycles. The van der Waals surface area contributed by atoms with E-state index in [0.717, 1.165) is 0 Å². The van der Waals surface area contributed by atoms with Crippen LogP contribution in [0.3, 0.4) is 0 Å². The largest absolute Gasteiger partial charge is 0.517 e.